The lowest BCUT2D eigenvalue weighted by molar-refractivity contribution is -0.143. The Kier molecular flexibility index (Phi) is 6.52. The average Bonchev–Trinajstić information content (AvgIpc) is 2.97. The minimum absolute atomic E-state index is 0.0964. The van der Waals surface area contributed by atoms with Crippen LogP contribution in [-0.2, 0) is 20.8 Å². The maximum Gasteiger partial charge on any atom is 0.326 e. The Morgan fingerprint density at radius 1 is 1.28 bits per heavy atom. The molecule has 0 bridgehead atoms. The van der Waals surface area contributed by atoms with Crippen LogP contribution in [0, 0.1) is 0 Å². The highest BCUT2D eigenvalue weighted by molar-refractivity contribution is 5.90. The van der Waals surface area contributed by atoms with E-state index in [-0.39, 0.29) is 18.9 Å². The second-order valence-electron chi connectivity index (χ2n) is 6.35. The zero-order valence-corrected chi connectivity index (χ0v) is 14.2. The van der Waals surface area contributed by atoms with Gasteiger partial charge in [-0.1, -0.05) is 30.3 Å². The zero-order valence-electron chi connectivity index (χ0n) is 14.2. The number of hydrogen-bond acceptors (Lipinski definition) is 4. The van der Waals surface area contributed by atoms with Gasteiger partial charge in [0.2, 0.25) is 11.8 Å². The number of carbonyl (C=O) groups is 3. The molecule has 1 heterocycles. The van der Waals surface area contributed by atoms with Crippen molar-refractivity contribution < 1.29 is 24.6 Å². The van der Waals surface area contributed by atoms with Gasteiger partial charge < -0.3 is 20.4 Å². The third-order valence-electron chi connectivity index (χ3n) is 4.40. The van der Waals surface area contributed by atoms with Crippen molar-refractivity contribution in [3.8, 4) is 0 Å². The third-order valence-corrected chi connectivity index (χ3v) is 4.40. The maximum atomic E-state index is 12.4. The van der Waals surface area contributed by atoms with Crippen LogP contribution in [0.3, 0.4) is 0 Å². The summed E-state index contributed by atoms with van der Waals surface area (Å²) >= 11 is 0. The summed E-state index contributed by atoms with van der Waals surface area (Å²) in [5.74, 6) is -1.94. The van der Waals surface area contributed by atoms with E-state index in [2.05, 4.69) is 5.32 Å². The van der Waals surface area contributed by atoms with Gasteiger partial charge in [0.25, 0.3) is 0 Å². The predicted molar refractivity (Wildman–Crippen MR) is 90.7 cm³/mol. The zero-order chi connectivity index (χ0) is 18.4. The molecule has 2 rings (SSSR count). The van der Waals surface area contributed by atoms with Crippen molar-refractivity contribution >= 4 is 17.8 Å². The third kappa shape index (κ3) is 5.29. The second-order valence-corrected chi connectivity index (χ2v) is 6.35. The Balaban J connectivity index is 1.90. The molecular formula is C18H24N2O5. The van der Waals surface area contributed by atoms with Gasteiger partial charge >= 0.3 is 5.97 Å². The number of benzene rings is 1. The highest BCUT2D eigenvalue weighted by atomic mass is 16.4. The van der Waals surface area contributed by atoms with Crippen molar-refractivity contribution in [2.24, 2.45) is 0 Å². The Bertz CT molecular complexity index is 619. The Morgan fingerprint density at radius 3 is 2.56 bits per heavy atom. The fourth-order valence-electron chi connectivity index (χ4n) is 3.09. The van der Waals surface area contributed by atoms with E-state index in [9.17, 15) is 24.6 Å². The van der Waals surface area contributed by atoms with Crippen LogP contribution in [0.5, 0.6) is 0 Å². The average molecular weight is 348 g/mol. The van der Waals surface area contributed by atoms with E-state index < -0.39 is 30.1 Å². The molecule has 3 atom stereocenters. The van der Waals surface area contributed by atoms with E-state index in [0.29, 0.717) is 12.8 Å². The number of rotatable bonds is 7. The SMILES string of the molecule is CC(=O)N1C[C@H](O)C[C@H]1C(=O)N[C@@H](CCCc1ccccc1)C(=O)O. The van der Waals surface area contributed by atoms with Crippen molar-refractivity contribution in [3.05, 3.63) is 35.9 Å². The summed E-state index contributed by atoms with van der Waals surface area (Å²) in [5.41, 5.74) is 1.11. The van der Waals surface area contributed by atoms with Gasteiger partial charge in [0.1, 0.15) is 12.1 Å². The number of amides is 2. The number of nitrogens with one attached hydrogen (secondary N) is 1. The highest BCUT2D eigenvalue weighted by Gasteiger charge is 2.38. The van der Waals surface area contributed by atoms with Gasteiger partial charge in [-0.3, -0.25) is 9.59 Å². The van der Waals surface area contributed by atoms with E-state index >= 15 is 0 Å². The summed E-state index contributed by atoms with van der Waals surface area (Å²) in [6.07, 6.45) is 1.00. The quantitative estimate of drug-likeness (QED) is 0.667. The number of aryl methyl sites for hydroxylation is 1. The topological polar surface area (TPSA) is 107 Å². The van der Waals surface area contributed by atoms with Gasteiger partial charge in [0.15, 0.2) is 0 Å². The van der Waals surface area contributed by atoms with E-state index in [4.69, 9.17) is 0 Å². The lowest BCUT2D eigenvalue weighted by Gasteiger charge is -2.24. The van der Waals surface area contributed by atoms with Crippen LogP contribution in [-0.4, -0.2) is 57.6 Å². The molecule has 1 aliphatic heterocycles. The molecule has 136 valence electrons. The van der Waals surface area contributed by atoms with Gasteiger partial charge in [-0.15, -0.1) is 0 Å². The van der Waals surface area contributed by atoms with Crippen LogP contribution in [0.15, 0.2) is 30.3 Å². The first-order valence-electron chi connectivity index (χ1n) is 8.41. The summed E-state index contributed by atoms with van der Waals surface area (Å²) in [7, 11) is 0. The molecule has 0 saturated carbocycles. The first kappa shape index (κ1) is 18.9. The van der Waals surface area contributed by atoms with E-state index in [1.54, 1.807) is 0 Å². The van der Waals surface area contributed by atoms with Crippen LogP contribution in [0.1, 0.15) is 31.7 Å². The van der Waals surface area contributed by atoms with Gasteiger partial charge in [0.05, 0.1) is 6.10 Å². The largest absolute Gasteiger partial charge is 0.480 e. The number of carboxylic acids is 1. The smallest absolute Gasteiger partial charge is 0.326 e. The number of nitrogens with zero attached hydrogens (tertiary/aromatic N) is 1. The minimum atomic E-state index is -1.10. The molecule has 25 heavy (non-hydrogen) atoms. The molecule has 1 aromatic carbocycles. The molecule has 1 aliphatic rings. The van der Waals surface area contributed by atoms with Gasteiger partial charge in [-0.2, -0.15) is 0 Å². The van der Waals surface area contributed by atoms with Gasteiger partial charge in [-0.05, 0) is 24.8 Å². The number of aliphatic hydroxyl groups excluding tert-OH is 1. The minimum Gasteiger partial charge on any atom is -0.480 e. The second kappa shape index (κ2) is 8.62. The molecule has 7 nitrogen and oxygen atoms in total. The van der Waals surface area contributed by atoms with Gasteiger partial charge in [-0.25, -0.2) is 4.79 Å². The van der Waals surface area contributed by atoms with Crippen LogP contribution in [0.2, 0.25) is 0 Å². The number of carbonyl (C=O) groups excluding carboxylic acids is 2. The summed E-state index contributed by atoms with van der Waals surface area (Å²) in [6.45, 7) is 1.42. The fraction of sp³-hybridized carbons (Fsp3) is 0.500. The predicted octanol–water partition coefficient (Wildman–Crippen LogP) is 0.560. The van der Waals surface area contributed by atoms with Gasteiger partial charge in [0, 0.05) is 19.9 Å². The molecule has 0 aliphatic carbocycles. The first-order valence-corrected chi connectivity index (χ1v) is 8.41. The van der Waals surface area contributed by atoms with E-state index in [1.165, 1.54) is 11.8 Å². The monoisotopic (exact) mass is 348 g/mol. The first-order chi connectivity index (χ1) is 11.9. The Labute approximate surface area is 146 Å². The number of aliphatic hydroxyl groups is 1. The normalized spacial score (nSPS) is 21.0. The molecule has 0 unspecified atom stereocenters. The van der Waals surface area contributed by atoms with Crippen molar-refractivity contribution in [2.75, 3.05) is 6.54 Å². The Hall–Kier alpha value is -2.41. The lowest BCUT2D eigenvalue weighted by atomic mass is 10.0. The molecule has 1 aromatic rings. The van der Waals surface area contributed by atoms with Crippen LogP contribution >= 0.6 is 0 Å². The van der Waals surface area contributed by atoms with Crippen LogP contribution in [0.25, 0.3) is 0 Å². The number of β-amino-alcohol motifs (C(OH)–C–C–N with tert-alkyl or cyclic N) is 1. The maximum absolute atomic E-state index is 12.4. The number of aliphatic carboxylic acids is 1. The van der Waals surface area contributed by atoms with E-state index in [0.717, 1.165) is 12.0 Å². The molecule has 2 amide bonds. The van der Waals surface area contributed by atoms with Crippen LogP contribution < -0.4 is 5.32 Å². The van der Waals surface area contributed by atoms with E-state index in [1.807, 2.05) is 30.3 Å². The molecule has 1 saturated heterocycles. The van der Waals surface area contributed by atoms with Crippen molar-refractivity contribution in [3.63, 3.8) is 0 Å². The standard InChI is InChI=1S/C18H24N2O5/c1-12(21)20-11-14(22)10-16(20)17(23)19-15(18(24)25)9-5-8-13-6-3-2-4-7-13/h2-4,6-7,14-16,22H,5,8-11H2,1H3,(H,19,23)(H,24,25)/t14-,15+,16+/m1/s1. The number of carboxylic acid groups (broad SMARTS) is 1. The molecule has 0 aromatic heterocycles. The van der Waals surface area contributed by atoms with Crippen molar-refractivity contribution in [1.29, 1.82) is 0 Å². The molecule has 0 spiro atoms. The molecule has 3 N–H and O–H groups in total. The lowest BCUT2D eigenvalue weighted by Crippen LogP contribution is -2.50. The van der Waals surface area contributed by atoms with Crippen LogP contribution in [0.4, 0.5) is 0 Å². The molecular weight excluding hydrogens is 324 g/mol. The summed E-state index contributed by atoms with van der Waals surface area (Å²) in [4.78, 5) is 36.7. The molecule has 0 radical (unpaired) electrons. The molecule has 7 heteroatoms. The summed E-state index contributed by atoms with van der Waals surface area (Å²) in [5, 5.41) is 21.5. The number of likely N-dealkylation sites (tertiary alicyclic amines) is 1. The summed E-state index contributed by atoms with van der Waals surface area (Å²) < 4.78 is 0. The van der Waals surface area contributed by atoms with Crippen molar-refractivity contribution in [1.82, 2.24) is 10.2 Å². The summed E-state index contributed by atoms with van der Waals surface area (Å²) in [6, 6.07) is 7.88. The fourth-order valence-corrected chi connectivity index (χ4v) is 3.09. The molecule has 1 fully saturated rings. The highest BCUT2D eigenvalue weighted by Crippen LogP contribution is 2.18. The van der Waals surface area contributed by atoms with Crippen molar-refractivity contribution in [2.45, 2.75) is 50.8 Å². The number of hydrogen-bond donors (Lipinski definition) is 3. The Morgan fingerprint density at radius 2 is 1.96 bits per heavy atom.